The van der Waals surface area contributed by atoms with E-state index in [1.54, 1.807) is 6.92 Å². The van der Waals surface area contributed by atoms with Crippen molar-refractivity contribution in [2.45, 2.75) is 12.8 Å². The smallest absolute Gasteiger partial charge is 0.151 e. The van der Waals surface area contributed by atoms with Gasteiger partial charge in [-0.1, -0.05) is 23.2 Å². The van der Waals surface area contributed by atoms with E-state index in [9.17, 15) is 0 Å². The van der Waals surface area contributed by atoms with Gasteiger partial charge in [0.25, 0.3) is 0 Å². The summed E-state index contributed by atoms with van der Waals surface area (Å²) in [5, 5.41) is 0.599. The summed E-state index contributed by atoms with van der Waals surface area (Å²) in [7, 11) is 0. The number of alkyl halides is 1. The monoisotopic (exact) mass is 210 g/mol. The van der Waals surface area contributed by atoms with E-state index in [4.69, 9.17) is 34.8 Å². The number of halogens is 3. The van der Waals surface area contributed by atoms with E-state index in [1.165, 1.54) is 0 Å². The second-order valence-electron chi connectivity index (χ2n) is 1.96. The highest BCUT2D eigenvalue weighted by molar-refractivity contribution is 6.41. The molecule has 11 heavy (non-hydrogen) atoms. The van der Waals surface area contributed by atoms with Crippen molar-refractivity contribution < 1.29 is 0 Å². The fraction of sp³-hybridized carbons (Fsp3) is 0.333. The maximum Gasteiger partial charge on any atom is 0.151 e. The number of rotatable bonds is 1. The summed E-state index contributed by atoms with van der Waals surface area (Å²) in [4.78, 5) is 7.84. The Bertz CT molecular complexity index is 275. The van der Waals surface area contributed by atoms with Gasteiger partial charge in [0.1, 0.15) is 10.8 Å². The molecule has 0 saturated carbocycles. The Morgan fingerprint density at radius 2 is 1.91 bits per heavy atom. The zero-order valence-electron chi connectivity index (χ0n) is 5.74. The Balaban J connectivity index is 3.24. The van der Waals surface area contributed by atoms with Crippen LogP contribution in [-0.4, -0.2) is 9.97 Å². The van der Waals surface area contributed by atoms with Crippen LogP contribution in [0.3, 0.4) is 0 Å². The molecule has 0 aromatic carbocycles. The third kappa shape index (κ3) is 1.95. The standard InChI is InChI=1S/C6H5Cl3N2/c1-3-10-4(2-7)5(8)6(9)11-3/h2H2,1H3. The van der Waals surface area contributed by atoms with E-state index in [-0.39, 0.29) is 11.0 Å². The normalized spacial score (nSPS) is 10.2. The summed E-state index contributed by atoms with van der Waals surface area (Å²) < 4.78 is 0. The second kappa shape index (κ2) is 3.57. The van der Waals surface area contributed by atoms with Crippen LogP contribution in [0.1, 0.15) is 11.5 Å². The topological polar surface area (TPSA) is 25.8 Å². The Morgan fingerprint density at radius 1 is 1.27 bits per heavy atom. The maximum absolute atomic E-state index is 5.72. The molecule has 5 heteroatoms. The molecule has 0 unspecified atom stereocenters. The molecule has 2 nitrogen and oxygen atoms in total. The van der Waals surface area contributed by atoms with Crippen LogP contribution in [0.2, 0.25) is 10.2 Å². The van der Waals surface area contributed by atoms with E-state index in [2.05, 4.69) is 9.97 Å². The Labute approximate surface area is 79.5 Å². The van der Waals surface area contributed by atoms with Crippen LogP contribution in [-0.2, 0) is 5.88 Å². The SMILES string of the molecule is Cc1nc(Cl)c(Cl)c(CCl)n1. The quantitative estimate of drug-likeness (QED) is 0.527. The minimum absolute atomic E-state index is 0.252. The van der Waals surface area contributed by atoms with E-state index >= 15 is 0 Å². The van der Waals surface area contributed by atoms with Crippen LogP contribution in [0, 0.1) is 6.92 Å². The molecule has 0 N–H and O–H groups in total. The van der Waals surface area contributed by atoms with Gasteiger partial charge in [-0.15, -0.1) is 11.6 Å². The molecule has 60 valence electrons. The van der Waals surface area contributed by atoms with Crippen molar-refractivity contribution in [2.75, 3.05) is 0 Å². The van der Waals surface area contributed by atoms with Crippen molar-refractivity contribution >= 4 is 34.8 Å². The number of nitrogens with zero attached hydrogens (tertiary/aromatic N) is 2. The van der Waals surface area contributed by atoms with E-state index in [1.807, 2.05) is 0 Å². The lowest BCUT2D eigenvalue weighted by Gasteiger charge is -2.01. The molecule has 0 atom stereocenters. The van der Waals surface area contributed by atoms with E-state index in [0.717, 1.165) is 0 Å². The third-order valence-electron chi connectivity index (χ3n) is 1.12. The molecule has 0 aliphatic carbocycles. The van der Waals surface area contributed by atoms with Crippen molar-refractivity contribution in [1.29, 1.82) is 0 Å². The first kappa shape index (κ1) is 9.04. The van der Waals surface area contributed by atoms with Gasteiger partial charge >= 0.3 is 0 Å². The first-order chi connectivity index (χ1) is 5.15. The van der Waals surface area contributed by atoms with Crippen LogP contribution < -0.4 is 0 Å². The van der Waals surface area contributed by atoms with Gasteiger partial charge < -0.3 is 0 Å². The van der Waals surface area contributed by atoms with Gasteiger partial charge in [-0.05, 0) is 6.92 Å². The van der Waals surface area contributed by atoms with E-state index < -0.39 is 0 Å². The fourth-order valence-corrected chi connectivity index (χ4v) is 1.31. The molecule has 0 aliphatic rings. The van der Waals surface area contributed by atoms with Crippen LogP contribution >= 0.6 is 34.8 Å². The molecule has 1 aromatic heterocycles. The summed E-state index contributed by atoms with van der Waals surface area (Å²) >= 11 is 16.9. The zero-order chi connectivity index (χ0) is 8.43. The third-order valence-corrected chi connectivity index (χ3v) is 2.14. The number of hydrogen-bond acceptors (Lipinski definition) is 2. The molecule has 0 aliphatic heterocycles. The van der Waals surface area contributed by atoms with Gasteiger partial charge in [-0.25, -0.2) is 9.97 Å². The Morgan fingerprint density at radius 3 is 2.45 bits per heavy atom. The molecule has 0 fully saturated rings. The largest absolute Gasteiger partial charge is 0.235 e. The van der Waals surface area contributed by atoms with Crippen LogP contribution in [0.25, 0.3) is 0 Å². The van der Waals surface area contributed by atoms with Crippen LogP contribution in [0.5, 0.6) is 0 Å². The fourth-order valence-electron chi connectivity index (χ4n) is 0.668. The molecule has 0 bridgehead atoms. The predicted octanol–water partition coefficient (Wildman–Crippen LogP) is 2.83. The Kier molecular flexibility index (Phi) is 2.93. The van der Waals surface area contributed by atoms with Crippen LogP contribution in [0.4, 0.5) is 0 Å². The van der Waals surface area contributed by atoms with Gasteiger partial charge in [-0.3, -0.25) is 0 Å². The van der Waals surface area contributed by atoms with Crippen molar-refractivity contribution in [3.63, 3.8) is 0 Å². The molecule has 0 spiro atoms. The van der Waals surface area contributed by atoms with Crippen molar-refractivity contribution in [1.82, 2.24) is 9.97 Å². The zero-order valence-corrected chi connectivity index (χ0v) is 8.00. The molecule has 0 saturated heterocycles. The maximum atomic E-state index is 5.72. The summed E-state index contributed by atoms with van der Waals surface area (Å²) in [5.41, 5.74) is 0.575. The van der Waals surface area contributed by atoms with Crippen molar-refractivity contribution in [2.24, 2.45) is 0 Å². The van der Waals surface area contributed by atoms with Gasteiger partial charge in [0.05, 0.1) is 11.6 Å². The minimum Gasteiger partial charge on any atom is -0.235 e. The summed E-state index contributed by atoms with van der Waals surface area (Å²) in [6.07, 6.45) is 0. The summed E-state index contributed by atoms with van der Waals surface area (Å²) in [6.45, 7) is 1.73. The summed E-state index contributed by atoms with van der Waals surface area (Å²) in [6, 6.07) is 0. The molecule has 0 amide bonds. The average Bonchev–Trinajstić information content (AvgIpc) is 1.96. The minimum atomic E-state index is 0.252. The molecule has 1 rings (SSSR count). The lowest BCUT2D eigenvalue weighted by Crippen LogP contribution is -1.95. The van der Waals surface area contributed by atoms with Crippen molar-refractivity contribution in [3.05, 3.63) is 21.7 Å². The first-order valence-electron chi connectivity index (χ1n) is 2.89. The lowest BCUT2D eigenvalue weighted by atomic mass is 10.4. The number of hydrogen-bond donors (Lipinski definition) is 0. The highest BCUT2D eigenvalue weighted by Gasteiger charge is 2.07. The molecular weight excluding hydrogens is 206 g/mol. The molecular formula is C6H5Cl3N2. The van der Waals surface area contributed by atoms with Gasteiger partial charge in [-0.2, -0.15) is 0 Å². The highest BCUT2D eigenvalue weighted by atomic mass is 35.5. The molecule has 1 heterocycles. The molecule has 1 aromatic rings. The summed E-state index contributed by atoms with van der Waals surface area (Å²) in [5.74, 6) is 0.831. The van der Waals surface area contributed by atoms with Gasteiger partial charge in [0.2, 0.25) is 0 Å². The molecule has 0 radical (unpaired) electrons. The average molecular weight is 211 g/mol. The number of aromatic nitrogens is 2. The van der Waals surface area contributed by atoms with E-state index in [0.29, 0.717) is 16.5 Å². The van der Waals surface area contributed by atoms with Gasteiger partial charge in [0.15, 0.2) is 5.15 Å². The van der Waals surface area contributed by atoms with Crippen molar-refractivity contribution in [3.8, 4) is 0 Å². The first-order valence-corrected chi connectivity index (χ1v) is 4.18. The predicted molar refractivity (Wildman–Crippen MR) is 46.3 cm³/mol. The second-order valence-corrected chi connectivity index (χ2v) is 2.96. The van der Waals surface area contributed by atoms with Gasteiger partial charge in [0, 0.05) is 0 Å². The van der Waals surface area contributed by atoms with Crippen LogP contribution in [0.15, 0.2) is 0 Å². The lowest BCUT2D eigenvalue weighted by molar-refractivity contribution is 1.00. The highest BCUT2D eigenvalue weighted by Crippen LogP contribution is 2.23. The number of aryl methyl sites for hydroxylation is 1. The Hall–Kier alpha value is -0.0500.